The van der Waals surface area contributed by atoms with E-state index in [0.29, 0.717) is 21.0 Å². The molecule has 136 valence electrons. The molecule has 1 aromatic carbocycles. The number of rotatable bonds is 2. The first kappa shape index (κ1) is 19.2. The van der Waals surface area contributed by atoms with Crippen LogP contribution < -0.4 is 5.32 Å². The molecule has 1 N–H and O–H groups in total. The molecule has 4 rings (SSSR count). The summed E-state index contributed by atoms with van der Waals surface area (Å²) in [5.74, 6) is 0.0509. The normalized spacial score (nSPS) is 21.5. The zero-order valence-electron chi connectivity index (χ0n) is 13.6. The minimum atomic E-state index is 0. The molecule has 0 spiro atoms. The van der Waals surface area contributed by atoms with Crippen molar-refractivity contribution in [3.05, 3.63) is 33.1 Å². The van der Waals surface area contributed by atoms with Gasteiger partial charge >= 0.3 is 0 Å². The Morgan fingerprint density at radius 1 is 1.20 bits per heavy atom. The molecular weight excluding hydrogens is 401 g/mol. The van der Waals surface area contributed by atoms with E-state index in [0.717, 1.165) is 55.8 Å². The first-order chi connectivity index (χ1) is 11.6. The number of fused-ring (bicyclic) bond motifs is 1. The Morgan fingerprint density at radius 3 is 2.72 bits per heavy atom. The molecule has 2 aliphatic rings. The van der Waals surface area contributed by atoms with Crippen molar-refractivity contribution in [3.8, 4) is 0 Å². The highest BCUT2D eigenvalue weighted by Crippen LogP contribution is 2.37. The van der Waals surface area contributed by atoms with Crippen molar-refractivity contribution in [1.82, 2.24) is 15.1 Å². The van der Waals surface area contributed by atoms with Crippen LogP contribution in [0.1, 0.15) is 16.1 Å². The number of halogens is 3. The van der Waals surface area contributed by atoms with E-state index in [1.54, 1.807) is 0 Å². The summed E-state index contributed by atoms with van der Waals surface area (Å²) in [7, 11) is 0. The smallest absolute Gasteiger partial charge is 0.265 e. The molecule has 2 aliphatic heterocycles. The van der Waals surface area contributed by atoms with E-state index in [9.17, 15) is 4.79 Å². The minimum Gasteiger partial charge on any atom is -0.336 e. The van der Waals surface area contributed by atoms with Crippen molar-refractivity contribution in [3.63, 3.8) is 0 Å². The molecule has 1 unspecified atom stereocenters. The number of carbonyl (C=O) groups is 1. The van der Waals surface area contributed by atoms with Crippen molar-refractivity contribution >= 4 is 62.9 Å². The fourth-order valence-corrected chi connectivity index (χ4v) is 5.35. The van der Waals surface area contributed by atoms with E-state index in [1.165, 1.54) is 11.3 Å². The van der Waals surface area contributed by atoms with Gasteiger partial charge in [0, 0.05) is 60.4 Å². The van der Waals surface area contributed by atoms with Crippen LogP contribution in [0.15, 0.2) is 18.2 Å². The molecule has 2 fully saturated rings. The third-order valence-corrected chi connectivity index (χ3v) is 6.78. The van der Waals surface area contributed by atoms with Gasteiger partial charge in [0.1, 0.15) is 4.88 Å². The Labute approximate surface area is 167 Å². The predicted octanol–water partition coefficient (Wildman–Crippen LogP) is 3.75. The average molecular weight is 421 g/mol. The van der Waals surface area contributed by atoms with E-state index >= 15 is 0 Å². The lowest BCUT2D eigenvalue weighted by molar-refractivity contribution is 0.0778. The quantitative estimate of drug-likeness (QED) is 0.804. The number of nitrogens with zero attached hydrogens (tertiary/aromatic N) is 2. The maximum absolute atomic E-state index is 12.9. The number of nitrogens with one attached hydrogen (secondary N) is 1. The summed E-state index contributed by atoms with van der Waals surface area (Å²) in [6.45, 7) is 5.80. The number of hydrogen-bond acceptors (Lipinski definition) is 4. The number of piperazine rings is 1. The summed E-state index contributed by atoms with van der Waals surface area (Å²) in [6.07, 6.45) is 1.04. The number of likely N-dealkylation sites (tertiary alicyclic amines) is 1. The number of carbonyl (C=O) groups excluding carboxylic acids is 1. The van der Waals surface area contributed by atoms with Crippen molar-refractivity contribution in [1.29, 1.82) is 0 Å². The van der Waals surface area contributed by atoms with Gasteiger partial charge in [0.2, 0.25) is 0 Å². The maximum atomic E-state index is 12.9. The van der Waals surface area contributed by atoms with E-state index < -0.39 is 0 Å². The van der Waals surface area contributed by atoms with Crippen LogP contribution in [0.3, 0.4) is 0 Å². The van der Waals surface area contributed by atoms with Gasteiger partial charge in [-0.2, -0.15) is 0 Å². The zero-order valence-corrected chi connectivity index (χ0v) is 16.8. The summed E-state index contributed by atoms with van der Waals surface area (Å²) < 4.78 is 0.966. The second-order valence-electron chi connectivity index (χ2n) is 6.37. The maximum Gasteiger partial charge on any atom is 0.265 e. The fourth-order valence-electron chi connectivity index (χ4n) is 3.59. The molecule has 4 nitrogen and oxygen atoms in total. The number of thiophene rings is 1. The monoisotopic (exact) mass is 419 g/mol. The third kappa shape index (κ3) is 3.77. The molecule has 1 atom stereocenters. The van der Waals surface area contributed by atoms with Crippen molar-refractivity contribution in [2.24, 2.45) is 0 Å². The first-order valence-electron chi connectivity index (χ1n) is 8.25. The Hall–Kier alpha value is -0.560. The minimum absolute atomic E-state index is 0. The van der Waals surface area contributed by atoms with Crippen molar-refractivity contribution in [2.75, 3.05) is 39.3 Å². The number of benzene rings is 1. The Kier molecular flexibility index (Phi) is 6.14. The third-order valence-electron chi connectivity index (χ3n) is 4.90. The summed E-state index contributed by atoms with van der Waals surface area (Å²) in [6, 6.07) is 6.05. The van der Waals surface area contributed by atoms with Crippen molar-refractivity contribution in [2.45, 2.75) is 12.5 Å². The van der Waals surface area contributed by atoms with Crippen molar-refractivity contribution < 1.29 is 4.79 Å². The molecule has 0 bridgehead atoms. The van der Waals surface area contributed by atoms with E-state index in [4.69, 9.17) is 23.2 Å². The zero-order chi connectivity index (χ0) is 16.7. The first-order valence-corrected chi connectivity index (χ1v) is 9.82. The standard InChI is InChI=1S/C17H19Cl2N3OS.ClH/c18-11-1-2-13-14(9-11)24-16(15(13)19)17(23)22-6-3-12(10-22)21-7-4-20-5-8-21;/h1-2,9,12,20H,3-8,10H2;1H. The van der Waals surface area contributed by atoms with Gasteiger partial charge in [0.15, 0.2) is 0 Å². The van der Waals surface area contributed by atoms with E-state index in [1.807, 2.05) is 23.1 Å². The highest BCUT2D eigenvalue weighted by molar-refractivity contribution is 7.21. The largest absolute Gasteiger partial charge is 0.336 e. The summed E-state index contributed by atoms with van der Waals surface area (Å²) in [5.41, 5.74) is 0. The molecule has 0 radical (unpaired) electrons. The molecule has 1 aromatic heterocycles. The summed E-state index contributed by atoms with van der Waals surface area (Å²) in [4.78, 5) is 18.0. The molecule has 2 aromatic rings. The molecule has 3 heterocycles. The number of hydrogen-bond donors (Lipinski definition) is 1. The summed E-state index contributed by atoms with van der Waals surface area (Å²) in [5, 5.41) is 5.51. The molecule has 0 aliphatic carbocycles. The van der Waals surface area contributed by atoms with Gasteiger partial charge in [-0.25, -0.2) is 0 Å². The predicted molar refractivity (Wildman–Crippen MR) is 108 cm³/mol. The Bertz CT molecular complexity index is 776. The Balaban J connectivity index is 0.00000182. The average Bonchev–Trinajstić information content (AvgIpc) is 3.20. The van der Waals surface area contributed by atoms with Crippen LogP contribution >= 0.6 is 46.9 Å². The molecule has 25 heavy (non-hydrogen) atoms. The topological polar surface area (TPSA) is 35.6 Å². The lowest BCUT2D eigenvalue weighted by Gasteiger charge is -2.32. The second-order valence-corrected chi connectivity index (χ2v) is 8.23. The highest BCUT2D eigenvalue weighted by atomic mass is 35.5. The molecule has 1 amide bonds. The van der Waals surface area contributed by atoms with Crippen LogP contribution in [0.2, 0.25) is 10.0 Å². The lowest BCUT2D eigenvalue weighted by atomic mass is 10.2. The lowest BCUT2D eigenvalue weighted by Crippen LogP contribution is -2.49. The van der Waals surface area contributed by atoms with E-state index in [2.05, 4.69) is 10.2 Å². The van der Waals surface area contributed by atoms with Crippen LogP contribution in [-0.2, 0) is 0 Å². The molecule has 8 heteroatoms. The molecular formula is C17H20Cl3N3OS. The van der Waals surface area contributed by atoms with Gasteiger partial charge in [-0.3, -0.25) is 9.69 Å². The Morgan fingerprint density at radius 2 is 1.96 bits per heavy atom. The van der Waals surface area contributed by atoms with Gasteiger partial charge in [-0.15, -0.1) is 23.7 Å². The van der Waals surface area contributed by atoms with Gasteiger partial charge in [-0.05, 0) is 18.6 Å². The van der Waals surface area contributed by atoms with Crippen LogP contribution in [0.25, 0.3) is 10.1 Å². The van der Waals surface area contributed by atoms with Crippen LogP contribution in [0.5, 0.6) is 0 Å². The fraction of sp³-hybridized carbons (Fsp3) is 0.471. The van der Waals surface area contributed by atoms with Crippen LogP contribution in [0.4, 0.5) is 0 Å². The van der Waals surface area contributed by atoms with Crippen LogP contribution in [0, 0.1) is 0 Å². The van der Waals surface area contributed by atoms with Gasteiger partial charge in [0.05, 0.1) is 5.02 Å². The van der Waals surface area contributed by atoms with Crippen LogP contribution in [-0.4, -0.2) is 61.0 Å². The van der Waals surface area contributed by atoms with Gasteiger partial charge in [0.25, 0.3) is 5.91 Å². The summed E-state index contributed by atoms with van der Waals surface area (Å²) >= 11 is 14.0. The van der Waals surface area contributed by atoms with E-state index in [-0.39, 0.29) is 18.3 Å². The van der Waals surface area contributed by atoms with Gasteiger partial charge < -0.3 is 10.2 Å². The molecule has 2 saturated heterocycles. The SMILES string of the molecule is Cl.O=C(c1sc2cc(Cl)ccc2c1Cl)N1CCC(N2CCNCC2)C1. The molecule has 0 saturated carbocycles. The second kappa shape index (κ2) is 7.99. The number of amides is 1. The highest BCUT2D eigenvalue weighted by Gasteiger charge is 2.33. The van der Waals surface area contributed by atoms with Gasteiger partial charge in [-0.1, -0.05) is 29.3 Å².